The molecule has 3 heteroatoms. The van der Waals surface area contributed by atoms with Crippen molar-refractivity contribution in [2.45, 2.75) is 64.0 Å². The van der Waals surface area contributed by atoms with Crippen molar-refractivity contribution in [2.75, 3.05) is 14.2 Å². The fourth-order valence-corrected chi connectivity index (χ4v) is 9.31. The van der Waals surface area contributed by atoms with Crippen LogP contribution < -0.4 is 0 Å². The van der Waals surface area contributed by atoms with Gasteiger partial charge < -0.3 is 8.85 Å². The Balaban J connectivity index is 2.10. The minimum Gasteiger partial charge on any atom is -0.397 e. The van der Waals surface area contributed by atoms with Crippen LogP contribution in [0.15, 0.2) is 17.7 Å². The second-order valence-electron chi connectivity index (χ2n) is 7.37. The van der Waals surface area contributed by atoms with Crippen LogP contribution in [0.25, 0.3) is 6.08 Å². The van der Waals surface area contributed by atoms with Gasteiger partial charge >= 0.3 is 8.56 Å². The highest BCUT2D eigenvalue weighted by molar-refractivity contribution is 6.71. The quantitative estimate of drug-likeness (QED) is 0.687. The number of benzene rings is 1. The minimum atomic E-state index is -2.34. The van der Waals surface area contributed by atoms with Crippen LogP contribution in [0.4, 0.5) is 0 Å². The first-order valence-electron chi connectivity index (χ1n) is 8.93. The van der Waals surface area contributed by atoms with Gasteiger partial charge in [-0.25, -0.2) is 0 Å². The van der Waals surface area contributed by atoms with Crippen molar-refractivity contribution in [3.05, 3.63) is 40.0 Å². The van der Waals surface area contributed by atoms with Gasteiger partial charge in [0.1, 0.15) is 0 Å². The van der Waals surface area contributed by atoms with E-state index >= 15 is 0 Å². The predicted octanol–water partition coefficient (Wildman–Crippen LogP) is 5.41. The van der Waals surface area contributed by atoms with Crippen molar-refractivity contribution in [2.24, 2.45) is 0 Å². The zero-order valence-electron chi connectivity index (χ0n) is 15.2. The Morgan fingerprint density at radius 3 is 2.22 bits per heavy atom. The summed E-state index contributed by atoms with van der Waals surface area (Å²) in [5.74, 6) is 0. The maximum atomic E-state index is 6.29. The molecule has 2 aliphatic carbocycles. The number of hydrogen-bond acceptors (Lipinski definition) is 2. The highest BCUT2D eigenvalue weighted by atomic mass is 28.4. The fourth-order valence-electron chi connectivity index (χ4n) is 4.93. The van der Waals surface area contributed by atoms with Gasteiger partial charge in [-0.1, -0.05) is 48.6 Å². The topological polar surface area (TPSA) is 18.5 Å². The third-order valence-corrected chi connectivity index (χ3v) is 10.5. The summed E-state index contributed by atoms with van der Waals surface area (Å²) in [6.45, 7) is 6.69. The minimum absolute atomic E-state index is 0.342. The summed E-state index contributed by atoms with van der Waals surface area (Å²) < 4.78 is 12.6. The van der Waals surface area contributed by atoms with Gasteiger partial charge in [0.05, 0.1) is 0 Å². The number of hydrogen-bond donors (Lipinski definition) is 0. The van der Waals surface area contributed by atoms with E-state index in [1.807, 2.05) is 14.2 Å². The van der Waals surface area contributed by atoms with Crippen LogP contribution in [0.1, 0.15) is 66.8 Å². The van der Waals surface area contributed by atoms with Crippen LogP contribution >= 0.6 is 0 Å². The number of allylic oxidation sites excluding steroid dienone is 1. The van der Waals surface area contributed by atoms with Crippen LogP contribution in [-0.2, 0) is 8.85 Å². The standard InChI is InChI=1S/C20H30O2Si/c1-14-11-15(2)18-13-16(3)20(19(18)12-14)23(21-4,22-5)17-9-7-6-8-10-17/h11-13,17,20H,6-10H2,1-5H3. The molecule has 126 valence electrons. The van der Waals surface area contributed by atoms with E-state index < -0.39 is 8.56 Å². The van der Waals surface area contributed by atoms with E-state index in [9.17, 15) is 0 Å². The lowest BCUT2D eigenvalue weighted by Gasteiger charge is -2.42. The Bertz CT molecular complexity index is 610. The molecule has 0 bridgehead atoms. The molecular weight excluding hydrogens is 300 g/mol. The Morgan fingerprint density at radius 2 is 1.61 bits per heavy atom. The van der Waals surface area contributed by atoms with Gasteiger partial charge in [0.15, 0.2) is 0 Å². The molecule has 0 amide bonds. The first kappa shape index (κ1) is 16.9. The number of rotatable bonds is 4. The molecule has 1 aromatic rings. The van der Waals surface area contributed by atoms with E-state index in [0.29, 0.717) is 11.1 Å². The molecule has 23 heavy (non-hydrogen) atoms. The van der Waals surface area contributed by atoms with E-state index in [4.69, 9.17) is 8.85 Å². The molecule has 1 atom stereocenters. The van der Waals surface area contributed by atoms with Crippen molar-refractivity contribution in [3.8, 4) is 0 Å². The zero-order valence-corrected chi connectivity index (χ0v) is 16.2. The second kappa shape index (κ2) is 6.54. The maximum absolute atomic E-state index is 6.29. The molecule has 0 aliphatic heterocycles. The first-order chi connectivity index (χ1) is 11.0. The molecule has 1 saturated carbocycles. The average Bonchev–Trinajstić information content (AvgIpc) is 2.88. The molecule has 1 aromatic carbocycles. The lowest BCUT2D eigenvalue weighted by Crippen LogP contribution is -2.51. The molecule has 3 rings (SSSR count). The summed E-state index contributed by atoms with van der Waals surface area (Å²) >= 11 is 0. The van der Waals surface area contributed by atoms with E-state index in [1.54, 1.807) is 0 Å². The largest absolute Gasteiger partial charge is 0.397 e. The highest BCUT2D eigenvalue weighted by Crippen LogP contribution is 2.51. The first-order valence-corrected chi connectivity index (χ1v) is 10.9. The molecule has 0 heterocycles. The predicted molar refractivity (Wildman–Crippen MR) is 98.9 cm³/mol. The van der Waals surface area contributed by atoms with Crippen molar-refractivity contribution in [1.82, 2.24) is 0 Å². The normalized spacial score (nSPS) is 22.1. The van der Waals surface area contributed by atoms with Gasteiger partial charge in [-0.3, -0.25) is 0 Å². The summed E-state index contributed by atoms with van der Waals surface area (Å²) in [5, 5.41) is 0. The van der Waals surface area contributed by atoms with E-state index in [1.165, 1.54) is 59.9 Å². The summed E-state index contributed by atoms with van der Waals surface area (Å²) in [6, 6.07) is 4.65. The third kappa shape index (κ3) is 2.73. The van der Waals surface area contributed by atoms with Crippen LogP contribution in [0.3, 0.4) is 0 Å². The molecule has 0 radical (unpaired) electrons. The summed E-state index contributed by atoms with van der Waals surface area (Å²) in [7, 11) is 1.44. The zero-order chi connectivity index (χ0) is 16.6. The molecular formula is C20H30O2Si. The number of fused-ring (bicyclic) bond motifs is 1. The summed E-state index contributed by atoms with van der Waals surface area (Å²) in [5.41, 5.74) is 7.93. The summed E-state index contributed by atoms with van der Waals surface area (Å²) in [6.07, 6.45) is 8.90. The Morgan fingerprint density at radius 1 is 0.957 bits per heavy atom. The fraction of sp³-hybridized carbons (Fsp3) is 0.600. The van der Waals surface area contributed by atoms with Crippen molar-refractivity contribution in [3.63, 3.8) is 0 Å². The monoisotopic (exact) mass is 330 g/mol. The summed E-state index contributed by atoms with van der Waals surface area (Å²) in [4.78, 5) is 0. The highest BCUT2D eigenvalue weighted by Gasteiger charge is 2.54. The Labute approximate surface area is 142 Å². The lowest BCUT2D eigenvalue weighted by atomic mass is 10.00. The molecule has 0 aromatic heterocycles. The second-order valence-corrected chi connectivity index (χ2v) is 11.0. The van der Waals surface area contributed by atoms with Crippen molar-refractivity contribution in [1.29, 1.82) is 0 Å². The van der Waals surface area contributed by atoms with Gasteiger partial charge in [0, 0.05) is 25.3 Å². The van der Waals surface area contributed by atoms with E-state index in [2.05, 4.69) is 39.0 Å². The maximum Gasteiger partial charge on any atom is 0.352 e. The van der Waals surface area contributed by atoms with Crippen LogP contribution in [0.5, 0.6) is 0 Å². The molecule has 0 spiro atoms. The van der Waals surface area contributed by atoms with Gasteiger partial charge in [-0.2, -0.15) is 0 Å². The van der Waals surface area contributed by atoms with Crippen LogP contribution in [0, 0.1) is 13.8 Å². The van der Waals surface area contributed by atoms with Crippen LogP contribution in [-0.4, -0.2) is 22.8 Å². The molecule has 2 nitrogen and oxygen atoms in total. The van der Waals surface area contributed by atoms with Gasteiger partial charge in [0.2, 0.25) is 0 Å². The molecule has 2 aliphatic rings. The van der Waals surface area contributed by atoms with E-state index in [0.717, 1.165) is 0 Å². The SMILES string of the molecule is CO[Si](OC)(C1CCCCC1)C1C(C)=Cc2c(C)cc(C)cc21. The van der Waals surface area contributed by atoms with Crippen molar-refractivity contribution < 1.29 is 8.85 Å². The Kier molecular flexibility index (Phi) is 4.82. The number of aryl methyl sites for hydroxylation is 2. The third-order valence-electron chi connectivity index (χ3n) is 5.92. The molecule has 0 saturated heterocycles. The lowest BCUT2D eigenvalue weighted by molar-refractivity contribution is 0.209. The van der Waals surface area contributed by atoms with Crippen LogP contribution in [0.2, 0.25) is 5.54 Å². The Hall–Kier alpha value is -0.903. The van der Waals surface area contributed by atoms with Gasteiger partial charge in [-0.05, 0) is 50.3 Å². The molecule has 1 fully saturated rings. The average molecular weight is 331 g/mol. The molecule has 1 unspecified atom stereocenters. The van der Waals surface area contributed by atoms with Gasteiger partial charge in [0.25, 0.3) is 0 Å². The van der Waals surface area contributed by atoms with E-state index in [-0.39, 0.29) is 0 Å². The smallest absolute Gasteiger partial charge is 0.352 e. The van der Waals surface area contributed by atoms with Crippen molar-refractivity contribution >= 4 is 14.6 Å². The molecule has 0 N–H and O–H groups in total. The van der Waals surface area contributed by atoms with Gasteiger partial charge in [-0.15, -0.1) is 0 Å².